The van der Waals surface area contributed by atoms with Crippen LogP contribution < -0.4 is 5.32 Å². The minimum atomic E-state index is -0.799. The number of aromatic nitrogens is 2. The normalized spacial score (nSPS) is 15.1. The first-order valence-corrected chi connectivity index (χ1v) is 7.33. The fraction of sp³-hybridized carbons (Fsp3) is 0.333. The second-order valence-electron chi connectivity index (χ2n) is 5.76. The van der Waals surface area contributed by atoms with E-state index in [2.05, 4.69) is 15.5 Å². The van der Waals surface area contributed by atoms with Crippen LogP contribution in [0.1, 0.15) is 40.6 Å². The molecule has 1 unspecified atom stereocenters. The average molecular weight is 336 g/mol. The van der Waals surface area contributed by atoms with Crippen molar-refractivity contribution >= 4 is 11.6 Å². The Morgan fingerprint density at radius 3 is 2.79 bits per heavy atom. The molecule has 1 heterocycles. The molecule has 0 bridgehead atoms. The summed E-state index contributed by atoms with van der Waals surface area (Å²) < 4.78 is 27.5. The molecule has 1 saturated carbocycles. The molecule has 0 spiro atoms. The predicted molar refractivity (Wildman–Crippen MR) is 79.3 cm³/mol. The van der Waals surface area contributed by atoms with E-state index in [1.54, 1.807) is 0 Å². The summed E-state index contributed by atoms with van der Waals surface area (Å²) in [5, 5.41) is 19.7. The third-order valence-corrected chi connectivity index (χ3v) is 3.99. The lowest BCUT2D eigenvalue weighted by molar-refractivity contribution is -0.385. The fourth-order valence-electron chi connectivity index (χ4n) is 2.65. The molecule has 1 amide bonds. The van der Waals surface area contributed by atoms with E-state index in [4.69, 9.17) is 0 Å². The summed E-state index contributed by atoms with van der Waals surface area (Å²) in [5.74, 6) is -2.09. The first-order valence-electron chi connectivity index (χ1n) is 7.33. The molecule has 126 valence electrons. The summed E-state index contributed by atoms with van der Waals surface area (Å²) in [6.07, 6.45) is 1.51. The maximum Gasteiger partial charge on any atom is 0.322 e. The van der Waals surface area contributed by atoms with Crippen LogP contribution in [0.2, 0.25) is 0 Å². The lowest BCUT2D eigenvalue weighted by Gasteiger charge is -2.18. The van der Waals surface area contributed by atoms with Gasteiger partial charge in [0.2, 0.25) is 5.69 Å². The Morgan fingerprint density at radius 1 is 1.46 bits per heavy atom. The van der Waals surface area contributed by atoms with Gasteiger partial charge in [-0.25, -0.2) is 8.78 Å². The first kappa shape index (κ1) is 16.0. The topological polar surface area (TPSA) is 101 Å². The highest BCUT2D eigenvalue weighted by atomic mass is 19.1. The molecule has 24 heavy (non-hydrogen) atoms. The number of H-pyrrole nitrogens is 1. The minimum absolute atomic E-state index is 0.0285. The second kappa shape index (κ2) is 5.99. The Bertz CT molecular complexity index is 817. The minimum Gasteiger partial charge on any atom is -0.343 e. The number of hydrogen-bond donors (Lipinski definition) is 2. The SMILES string of the molecule is Cc1[nH]nc(C(=O)NC(c2cc(F)ccc2F)C2CC2)c1[N+](=O)[O-]. The number of nitrogens with zero attached hydrogens (tertiary/aromatic N) is 2. The summed E-state index contributed by atoms with van der Waals surface area (Å²) in [7, 11) is 0. The van der Waals surface area contributed by atoms with Crippen molar-refractivity contribution in [2.75, 3.05) is 0 Å². The highest BCUT2D eigenvalue weighted by Gasteiger charge is 2.37. The molecule has 9 heteroatoms. The van der Waals surface area contributed by atoms with Gasteiger partial charge < -0.3 is 5.32 Å². The summed E-state index contributed by atoms with van der Waals surface area (Å²) in [4.78, 5) is 22.7. The van der Waals surface area contributed by atoms with Gasteiger partial charge in [-0.15, -0.1) is 0 Å². The van der Waals surface area contributed by atoms with Crippen LogP contribution in [-0.4, -0.2) is 21.0 Å². The third kappa shape index (κ3) is 2.97. The predicted octanol–water partition coefficient (Wildman–Crippen LogP) is 2.79. The summed E-state index contributed by atoms with van der Waals surface area (Å²) in [6.45, 7) is 1.42. The molecule has 3 rings (SSSR count). The van der Waals surface area contributed by atoms with Gasteiger partial charge in [0.05, 0.1) is 11.0 Å². The van der Waals surface area contributed by atoms with Crippen LogP contribution in [0.15, 0.2) is 18.2 Å². The van der Waals surface area contributed by atoms with Crippen molar-refractivity contribution in [3.05, 3.63) is 56.9 Å². The zero-order chi connectivity index (χ0) is 17.4. The number of nitro groups is 1. The molecule has 0 saturated heterocycles. The van der Waals surface area contributed by atoms with E-state index in [1.165, 1.54) is 6.92 Å². The molecule has 1 aliphatic carbocycles. The zero-order valence-electron chi connectivity index (χ0n) is 12.7. The Balaban J connectivity index is 1.91. The van der Waals surface area contributed by atoms with Crippen LogP contribution in [0.5, 0.6) is 0 Å². The van der Waals surface area contributed by atoms with E-state index in [-0.39, 0.29) is 22.9 Å². The molecule has 1 aromatic heterocycles. The van der Waals surface area contributed by atoms with Gasteiger partial charge in [0.15, 0.2) is 0 Å². The lowest BCUT2D eigenvalue weighted by Crippen LogP contribution is -2.31. The van der Waals surface area contributed by atoms with E-state index < -0.39 is 34.2 Å². The lowest BCUT2D eigenvalue weighted by atomic mass is 10.0. The Labute approximate surface area is 135 Å². The third-order valence-electron chi connectivity index (χ3n) is 3.99. The number of amides is 1. The zero-order valence-corrected chi connectivity index (χ0v) is 12.7. The number of carbonyl (C=O) groups is 1. The van der Waals surface area contributed by atoms with Crippen LogP contribution in [0.3, 0.4) is 0 Å². The van der Waals surface area contributed by atoms with Gasteiger partial charge >= 0.3 is 5.69 Å². The number of carbonyl (C=O) groups excluding carboxylic acids is 1. The van der Waals surface area contributed by atoms with Crippen molar-refractivity contribution in [1.29, 1.82) is 0 Å². The van der Waals surface area contributed by atoms with Crippen LogP contribution in [0.4, 0.5) is 14.5 Å². The molecule has 0 aliphatic heterocycles. The van der Waals surface area contributed by atoms with Gasteiger partial charge in [-0.05, 0) is 43.9 Å². The van der Waals surface area contributed by atoms with E-state index in [9.17, 15) is 23.7 Å². The molecule has 1 atom stereocenters. The van der Waals surface area contributed by atoms with Crippen molar-refractivity contribution in [1.82, 2.24) is 15.5 Å². The van der Waals surface area contributed by atoms with Gasteiger partial charge in [-0.2, -0.15) is 5.10 Å². The van der Waals surface area contributed by atoms with E-state index >= 15 is 0 Å². The Hall–Kier alpha value is -2.84. The van der Waals surface area contributed by atoms with Gasteiger partial charge in [-0.3, -0.25) is 20.0 Å². The summed E-state index contributed by atoms with van der Waals surface area (Å²) >= 11 is 0. The standard InChI is InChI=1S/C15H14F2N4O3/c1-7-14(21(23)24)13(20-19-7)15(22)18-12(8-2-3-8)10-6-9(16)4-5-11(10)17/h4-6,8,12H,2-3H2,1H3,(H,18,22)(H,19,20). The smallest absolute Gasteiger partial charge is 0.322 e. The highest BCUT2D eigenvalue weighted by molar-refractivity contribution is 5.96. The maximum atomic E-state index is 14.0. The van der Waals surface area contributed by atoms with Crippen molar-refractivity contribution in [3.8, 4) is 0 Å². The van der Waals surface area contributed by atoms with Gasteiger partial charge in [0.1, 0.15) is 17.3 Å². The Kier molecular flexibility index (Phi) is 4.00. The van der Waals surface area contributed by atoms with Crippen LogP contribution >= 0.6 is 0 Å². The fourth-order valence-corrected chi connectivity index (χ4v) is 2.65. The van der Waals surface area contributed by atoms with E-state index in [1.807, 2.05) is 0 Å². The van der Waals surface area contributed by atoms with E-state index in [0.29, 0.717) is 0 Å². The number of aryl methyl sites for hydroxylation is 1. The molecule has 2 aromatic rings. The van der Waals surface area contributed by atoms with Crippen molar-refractivity contribution in [2.45, 2.75) is 25.8 Å². The first-order chi connectivity index (χ1) is 11.4. The van der Waals surface area contributed by atoms with Crippen LogP contribution in [-0.2, 0) is 0 Å². The summed E-state index contributed by atoms with van der Waals surface area (Å²) in [6, 6.07) is 2.26. The number of halogens is 2. The van der Waals surface area contributed by atoms with Gasteiger partial charge in [0.25, 0.3) is 5.91 Å². The molecule has 1 aromatic carbocycles. The number of aromatic amines is 1. The van der Waals surface area contributed by atoms with Crippen molar-refractivity contribution in [3.63, 3.8) is 0 Å². The largest absolute Gasteiger partial charge is 0.343 e. The maximum absolute atomic E-state index is 14.0. The highest BCUT2D eigenvalue weighted by Crippen LogP contribution is 2.42. The molecular formula is C15H14F2N4O3. The van der Waals surface area contributed by atoms with Crippen molar-refractivity contribution < 1.29 is 18.5 Å². The number of hydrogen-bond acceptors (Lipinski definition) is 4. The number of benzene rings is 1. The Morgan fingerprint density at radius 2 is 2.17 bits per heavy atom. The average Bonchev–Trinajstić information content (AvgIpc) is 3.28. The van der Waals surface area contributed by atoms with Gasteiger partial charge in [-0.1, -0.05) is 0 Å². The molecule has 7 nitrogen and oxygen atoms in total. The summed E-state index contributed by atoms with van der Waals surface area (Å²) in [5.41, 5.74) is -0.632. The van der Waals surface area contributed by atoms with Crippen LogP contribution in [0, 0.1) is 34.6 Å². The molecule has 0 radical (unpaired) electrons. The van der Waals surface area contributed by atoms with Crippen molar-refractivity contribution in [2.24, 2.45) is 5.92 Å². The molecule has 1 aliphatic rings. The van der Waals surface area contributed by atoms with Gasteiger partial charge in [0, 0.05) is 5.56 Å². The molecule has 1 fully saturated rings. The van der Waals surface area contributed by atoms with E-state index in [0.717, 1.165) is 31.0 Å². The molecular weight excluding hydrogens is 322 g/mol. The number of rotatable bonds is 5. The number of nitrogens with one attached hydrogen (secondary N) is 2. The quantitative estimate of drug-likeness (QED) is 0.647. The monoisotopic (exact) mass is 336 g/mol. The molecule has 2 N–H and O–H groups in total. The second-order valence-corrected chi connectivity index (χ2v) is 5.76. The van der Waals surface area contributed by atoms with Crippen LogP contribution in [0.25, 0.3) is 0 Å².